The fourth-order valence-corrected chi connectivity index (χ4v) is 3.63. The molecule has 0 aliphatic rings. The number of hydrogen-bond donors (Lipinski definition) is 1. The first kappa shape index (κ1) is 21.5. The van der Waals surface area contributed by atoms with Crippen LogP contribution in [0.5, 0.6) is 0 Å². The van der Waals surface area contributed by atoms with Crippen LogP contribution in [0.1, 0.15) is 21.5 Å². The van der Waals surface area contributed by atoms with E-state index in [1.165, 1.54) is 12.1 Å². The maximum Gasteiger partial charge on any atom is 0.416 e. The van der Waals surface area contributed by atoms with Crippen molar-refractivity contribution in [2.75, 3.05) is 7.11 Å². The van der Waals surface area contributed by atoms with Gasteiger partial charge in [-0.3, -0.25) is 0 Å². The Morgan fingerprint density at radius 3 is 2.31 bits per heavy atom. The van der Waals surface area contributed by atoms with Gasteiger partial charge in [-0.25, -0.2) is 9.78 Å². The zero-order valence-corrected chi connectivity index (χ0v) is 17.0. The lowest BCUT2D eigenvalue weighted by atomic mass is 9.97. The number of methoxy groups -OCH3 is 1. The predicted molar refractivity (Wildman–Crippen MR) is 115 cm³/mol. The molecule has 4 aromatic rings. The Morgan fingerprint density at radius 1 is 0.969 bits per heavy atom. The molecule has 4 nitrogen and oxygen atoms in total. The topological polar surface area (TPSA) is 59.4 Å². The van der Waals surface area contributed by atoms with E-state index >= 15 is 0 Å². The highest BCUT2D eigenvalue weighted by Crippen LogP contribution is 2.34. The van der Waals surface area contributed by atoms with Gasteiger partial charge in [0.15, 0.2) is 0 Å². The quantitative estimate of drug-likeness (QED) is 0.391. The van der Waals surface area contributed by atoms with Crippen LogP contribution in [0.25, 0.3) is 33.3 Å². The maximum atomic E-state index is 13.1. The molecule has 0 bridgehead atoms. The molecule has 0 fully saturated rings. The van der Waals surface area contributed by atoms with Crippen LogP contribution >= 0.6 is 0 Å². The van der Waals surface area contributed by atoms with E-state index < -0.39 is 17.7 Å². The number of hydrogen-bond acceptors (Lipinski definition) is 3. The number of aromatic carboxylic acids is 1. The smallest absolute Gasteiger partial charge is 0.416 e. The van der Waals surface area contributed by atoms with Crippen molar-refractivity contribution >= 4 is 16.9 Å². The minimum absolute atomic E-state index is 0.0545. The summed E-state index contributed by atoms with van der Waals surface area (Å²) in [5.74, 6) is -1.32. The molecule has 0 atom stereocenters. The number of carboxylic acids is 1. The summed E-state index contributed by atoms with van der Waals surface area (Å²) in [5, 5.41) is 9.55. The molecular weight excluding hydrogens is 419 g/mol. The molecule has 162 valence electrons. The second-order valence-electron chi connectivity index (χ2n) is 7.26. The minimum atomic E-state index is -4.57. The summed E-state index contributed by atoms with van der Waals surface area (Å²) in [4.78, 5) is 16.2. The summed E-state index contributed by atoms with van der Waals surface area (Å²) in [7, 11) is 1.63. The van der Waals surface area contributed by atoms with Crippen molar-refractivity contribution in [3.8, 4) is 22.4 Å². The molecule has 1 heterocycles. The number of carboxylic acid groups (broad SMARTS) is 1. The van der Waals surface area contributed by atoms with E-state index in [-0.39, 0.29) is 16.5 Å². The van der Waals surface area contributed by atoms with Gasteiger partial charge in [0.1, 0.15) is 0 Å². The van der Waals surface area contributed by atoms with Crippen LogP contribution in [0.4, 0.5) is 13.2 Å². The molecule has 1 N–H and O–H groups in total. The van der Waals surface area contributed by atoms with Crippen molar-refractivity contribution in [1.29, 1.82) is 0 Å². The number of nitrogens with zero attached hydrogens (tertiary/aromatic N) is 1. The monoisotopic (exact) mass is 437 g/mol. The number of halogens is 3. The molecular formula is C25H18F3NO3. The fraction of sp³-hybridized carbons (Fsp3) is 0.120. The number of pyridine rings is 1. The molecule has 7 heteroatoms. The first-order valence-corrected chi connectivity index (χ1v) is 9.71. The third kappa shape index (κ3) is 4.20. The van der Waals surface area contributed by atoms with Gasteiger partial charge in [0.25, 0.3) is 0 Å². The summed E-state index contributed by atoms with van der Waals surface area (Å²) in [6.07, 6.45) is -4.57. The van der Waals surface area contributed by atoms with Crippen molar-refractivity contribution in [1.82, 2.24) is 4.98 Å². The highest BCUT2D eigenvalue weighted by atomic mass is 19.4. The normalized spacial score (nSPS) is 11.6. The summed E-state index contributed by atoms with van der Waals surface area (Å²) >= 11 is 0. The van der Waals surface area contributed by atoms with Gasteiger partial charge in [-0.15, -0.1) is 0 Å². The number of rotatable bonds is 5. The lowest BCUT2D eigenvalue weighted by molar-refractivity contribution is -0.137. The van der Waals surface area contributed by atoms with Crippen LogP contribution in [-0.4, -0.2) is 23.2 Å². The number of ether oxygens (including phenoxy) is 1. The summed E-state index contributed by atoms with van der Waals surface area (Å²) in [5.41, 5.74) is 3.05. The second kappa shape index (κ2) is 8.43. The van der Waals surface area contributed by atoms with Gasteiger partial charge >= 0.3 is 12.1 Å². The Morgan fingerprint density at radius 2 is 1.66 bits per heavy atom. The van der Waals surface area contributed by atoms with Gasteiger partial charge in [-0.1, -0.05) is 48.5 Å². The number of carbonyl (C=O) groups is 1. The number of aromatic nitrogens is 1. The molecule has 0 saturated carbocycles. The molecule has 4 rings (SSSR count). The molecule has 32 heavy (non-hydrogen) atoms. The Labute approximate surface area is 181 Å². The van der Waals surface area contributed by atoms with Crippen LogP contribution < -0.4 is 0 Å². The van der Waals surface area contributed by atoms with E-state index in [4.69, 9.17) is 4.74 Å². The number of fused-ring (bicyclic) bond motifs is 1. The molecule has 0 saturated heterocycles. The maximum absolute atomic E-state index is 13.1. The van der Waals surface area contributed by atoms with Gasteiger partial charge in [-0.05, 0) is 41.0 Å². The Bertz CT molecular complexity index is 1300. The molecule has 3 aromatic carbocycles. The van der Waals surface area contributed by atoms with E-state index in [0.29, 0.717) is 17.9 Å². The predicted octanol–water partition coefficient (Wildman–Crippen LogP) is 6.43. The summed E-state index contributed by atoms with van der Waals surface area (Å²) in [6.45, 7) is 0.464. The Hall–Kier alpha value is -3.71. The Kier molecular flexibility index (Phi) is 5.67. The highest BCUT2D eigenvalue weighted by molar-refractivity contribution is 6.04. The first-order chi connectivity index (χ1) is 15.3. The molecule has 0 unspecified atom stereocenters. The average Bonchev–Trinajstić information content (AvgIpc) is 2.78. The van der Waals surface area contributed by atoms with Crippen molar-refractivity contribution in [3.63, 3.8) is 0 Å². The van der Waals surface area contributed by atoms with Gasteiger partial charge in [0.2, 0.25) is 0 Å². The van der Waals surface area contributed by atoms with Gasteiger partial charge in [0, 0.05) is 18.1 Å². The van der Waals surface area contributed by atoms with E-state index in [1.54, 1.807) is 7.11 Å². The van der Waals surface area contributed by atoms with E-state index in [9.17, 15) is 23.1 Å². The number of benzene rings is 3. The van der Waals surface area contributed by atoms with Crippen molar-refractivity contribution in [2.45, 2.75) is 12.8 Å². The highest BCUT2D eigenvalue weighted by Gasteiger charge is 2.31. The van der Waals surface area contributed by atoms with Crippen LogP contribution in [-0.2, 0) is 17.5 Å². The van der Waals surface area contributed by atoms with Crippen LogP contribution in [0.2, 0.25) is 0 Å². The first-order valence-electron chi connectivity index (χ1n) is 9.71. The summed E-state index contributed by atoms with van der Waals surface area (Å²) in [6, 6.07) is 19.5. The molecule has 0 aliphatic carbocycles. The van der Waals surface area contributed by atoms with Crippen LogP contribution in [0.3, 0.4) is 0 Å². The fourth-order valence-electron chi connectivity index (χ4n) is 3.63. The van der Waals surface area contributed by atoms with Gasteiger partial charge in [0.05, 0.1) is 28.9 Å². The van der Waals surface area contributed by atoms with E-state index in [1.807, 2.05) is 48.5 Å². The standard InChI is InChI=1S/C25H18F3NO3/c1-32-14-17-4-2-3-5-19(17)15-6-8-16(9-7-15)23-13-21(24(30)31)20-12-18(25(26,27)28)10-11-22(20)29-23/h2-13H,14H2,1H3,(H,30,31). The Balaban J connectivity index is 1.78. The molecule has 0 spiro atoms. The van der Waals surface area contributed by atoms with Crippen molar-refractivity contribution in [3.05, 3.63) is 89.5 Å². The van der Waals surface area contributed by atoms with Crippen LogP contribution in [0, 0.1) is 0 Å². The molecule has 1 aromatic heterocycles. The average molecular weight is 437 g/mol. The molecule has 0 aliphatic heterocycles. The van der Waals surface area contributed by atoms with Crippen molar-refractivity contribution < 1.29 is 27.8 Å². The van der Waals surface area contributed by atoms with Gasteiger partial charge in [-0.2, -0.15) is 13.2 Å². The van der Waals surface area contributed by atoms with Crippen LogP contribution in [0.15, 0.2) is 72.8 Å². The minimum Gasteiger partial charge on any atom is -0.478 e. The third-order valence-corrected chi connectivity index (χ3v) is 5.18. The molecule has 0 radical (unpaired) electrons. The van der Waals surface area contributed by atoms with E-state index in [0.717, 1.165) is 28.8 Å². The number of alkyl halides is 3. The van der Waals surface area contributed by atoms with E-state index in [2.05, 4.69) is 4.98 Å². The second-order valence-corrected chi connectivity index (χ2v) is 7.26. The SMILES string of the molecule is COCc1ccccc1-c1ccc(-c2cc(C(=O)O)c3cc(C(F)(F)F)ccc3n2)cc1. The third-order valence-electron chi connectivity index (χ3n) is 5.18. The lowest BCUT2D eigenvalue weighted by Gasteiger charge is -2.12. The largest absolute Gasteiger partial charge is 0.478 e. The van der Waals surface area contributed by atoms with Gasteiger partial charge < -0.3 is 9.84 Å². The lowest BCUT2D eigenvalue weighted by Crippen LogP contribution is -2.06. The molecule has 0 amide bonds. The summed E-state index contributed by atoms with van der Waals surface area (Å²) < 4.78 is 44.5. The van der Waals surface area contributed by atoms with Crippen molar-refractivity contribution in [2.24, 2.45) is 0 Å². The zero-order valence-electron chi connectivity index (χ0n) is 17.0. The zero-order chi connectivity index (χ0) is 22.9.